The topological polar surface area (TPSA) is 71.2 Å². The zero-order chi connectivity index (χ0) is 21.1. The van der Waals surface area contributed by atoms with Gasteiger partial charge in [0.2, 0.25) is 0 Å². The molecule has 0 saturated carbocycles. The number of aliphatic hydroxyl groups is 2. The molecule has 0 fully saturated rings. The van der Waals surface area contributed by atoms with Crippen molar-refractivity contribution in [2.24, 2.45) is 0 Å². The largest absolute Gasteiger partial charge is 0.396 e. The van der Waals surface area contributed by atoms with Gasteiger partial charge in [-0.05, 0) is 55.2 Å². The van der Waals surface area contributed by atoms with E-state index in [9.17, 15) is 9.50 Å². The highest BCUT2D eigenvalue weighted by molar-refractivity contribution is 5.77. The summed E-state index contributed by atoms with van der Waals surface area (Å²) in [7, 11) is 0. The van der Waals surface area contributed by atoms with Crippen molar-refractivity contribution >= 4 is 11.0 Å². The predicted molar refractivity (Wildman–Crippen MR) is 114 cm³/mol. The second kappa shape index (κ2) is 8.34. The Morgan fingerprint density at radius 3 is 2.57 bits per heavy atom. The van der Waals surface area contributed by atoms with E-state index in [1.165, 1.54) is 18.3 Å². The van der Waals surface area contributed by atoms with Crippen molar-refractivity contribution in [3.63, 3.8) is 0 Å². The highest BCUT2D eigenvalue weighted by Gasteiger charge is 2.42. The molecule has 0 spiro atoms. The fourth-order valence-corrected chi connectivity index (χ4v) is 3.91. The summed E-state index contributed by atoms with van der Waals surface area (Å²) in [6.07, 6.45) is 2.89. The first kappa shape index (κ1) is 20.2. The van der Waals surface area contributed by atoms with Gasteiger partial charge in [-0.2, -0.15) is 0 Å². The molecule has 0 aliphatic carbocycles. The molecule has 2 aromatic carbocycles. The van der Waals surface area contributed by atoms with E-state index in [1.807, 2.05) is 35.8 Å². The maximum atomic E-state index is 14.9. The molecule has 2 heterocycles. The molecule has 6 heteroatoms. The van der Waals surface area contributed by atoms with E-state index in [2.05, 4.69) is 4.98 Å². The number of hydrogen-bond acceptors (Lipinski definition) is 4. The van der Waals surface area contributed by atoms with Gasteiger partial charge < -0.3 is 14.8 Å². The van der Waals surface area contributed by atoms with Crippen molar-refractivity contribution in [3.8, 4) is 0 Å². The number of rotatable bonds is 7. The molecule has 1 atom stereocenters. The van der Waals surface area contributed by atoms with Crippen LogP contribution >= 0.6 is 0 Å². The Balaban J connectivity index is 1.99. The maximum Gasteiger partial charge on any atom is 0.193 e. The minimum atomic E-state index is -1.85. The Kier molecular flexibility index (Phi) is 5.61. The zero-order valence-corrected chi connectivity index (χ0v) is 16.8. The van der Waals surface area contributed by atoms with Gasteiger partial charge in [0, 0.05) is 19.3 Å². The Bertz CT molecular complexity index is 1160. The van der Waals surface area contributed by atoms with Gasteiger partial charge in [-0.1, -0.05) is 36.4 Å². The summed E-state index contributed by atoms with van der Waals surface area (Å²) in [5, 5.41) is 21.1. The fourth-order valence-electron chi connectivity index (χ4n) is 3.91. The lowest BCUT2D eigenvalue weighted by atomic mass is 9.88. The van der Waals surface area contributed by atoms with Crippen molar-refractivity contribution in [3.05, 3.63) is 95.3 Å². The van der Waals surface area contributed by atoms with Gasteiger partial charge in [-0.25, -0.2) is 9.37 Å². The van der Waals surface area contributed by atoms with Crippen LogP contribution in [0.15, 0.2) is 66.9 Å². The average Bonchev–Trinajstić information content (AvgIpc) is 3.16. The van der Waals surface area contributed by atoms with Crippen molar-refractivity contribution < 1.29 is 14.6 Å². The number of aryl methyl sites for hydroxylation is 2. The van der Waals surface area contributed by atoms with E-state index in [0.29, 0.717) is 29.9 Å². The first-order valence-corrected chi connectivity index (χ1v) is 10.1. The van der Waals surface area contributed by atoms with E-state index < -0.39 is 11.4 Å². The van der Waals surface area contributed by atoms with Crippen LogP contribution in [0, 0.1) is 5.82 Å². The Morgan fingerprint density at radius 1 is 1.07 bits per heavy atom. The lowest BCUT2D eigenvalue weighted by Gasteiger charge is -2.28. The molecule has 5 nitrogen and oxygen atoms in total. The smallest absolute Gasteiger partial charge is 0.193 e. The molecule has 30 heavy (non-hydrogen) atoms. The number of imidazole rings is 1. The summed E-state index contributed by atoms with van der Waals surface area (Å²) < 4.78 is 16.8. The predicted octanol–water partition coefficient (Wildman–Crippen LogP) is 3.80. The van der Waals surface area contributed by atoms with E-state index in [-0.39, 0.29) is 12.3 Å². The van der Waals surface area contributed by atoms with Gasteiger partial charge in [0.25, 0.3) is 0 Å². The van der Waals surface area contributed by atoms with E-state index in [0.717, 1.165) is 17.5 Å². The lowest BCUT2D eigenvalue weighted by Crippen LogP contribution is -2.34. The third-order valence-electron chi connectivity index (χ3n) is 5.37. The molecule has 0 aliphatic rings. The lowest BCUT2D eigenvalue weighted by molar-refractivity contribution is 0.102. The zero-order valence-electron chi connectivity index (χ0n) is 16.8. The highest BCUT2D eigenvalue weighted by atomic mass is 19.1. The minimum absolute atomic E-state index is 0.0817. The summed E-state index contributed by atoms with van der Waals surface area (Å²) >= 11 is 0. The number of nitrogens with zero attached hydrogens (tertiary/aromatic N) is 3. The van der Waals surface area contributed by atoms with Gasteiger partial charge in [0.1, 0.15) is 11.5 Å². The monoisotopic (exact) mass is 405 g/mol. The first-order valence-electron chi connectivity index (χ1n) is 10.1. The molecule has 4 aromatic rings. The molecule has 4 rings (SSSR count). The van der Waals surface area contributed by atoms with Crippen LogP contribution in [0.25, 0.3) is 11.0 Å². The molecule has 1 unspecified atom stereocenters. The second-order valence-electron chi connectivity index (χ2n) is 7.24. The number of benzene rings is 2. The molecule has 0 aliphatic heterocycles. The van der Waals surface area contributed by atoms with E-state index in [1.54, 1.807) is 24.3 Å². The average molecular weight is 405 g/mol. The third-order valence-corrected chi connectivity index (χ3v) is 5.37. The van der Waals surface area contributed by atoms with Crippen LogP contribution in [-0.2, 0) is 18.6 Å². The standard InChI is InChI=1S/C24H24FN3O2/c1-2-28-21-16-17(8-7-15-29)12-13-20(21)27-23(28)24(30,18-9-4-3-5-10-18)22-19(25)11-6-14-26-22/h3-6,9-14,16,29-30H,2,7-8,15H2,1H3. The van der Waals surface area contributed by atoms with Crippen LogP contribution in [0.5, 0.6) is 0 Å². The molecule has 2 N–H and O–H groups in total. The van der Waals surface area contributed by atoms with E-state index in [4.69, 9.17) is 10.1 Å². The van der Waals surface area contributed by atoms with Crippen LogP contribution in [-0.4, -0.2) is 31.4 Å². The van der Waals surface area contributed by atoms with Gasteiger partial charge in [-0.15, -0.1) is 0 Å². The van der Waals surface area contributed by atoms with Crippen LogP contribution in [0.3, 0.4) is 0 Å². The first-order chi connectivity index (χ1) is 14.6. The molecule has 0 saturated heterocycles. The van der Waals surface area contributed by atoms with Crippen LogP contribution in [0.1, 0.15) is 36.0 Å². The molecule has 0 bridgehead atoms. The summed E-state index contributed by atoms with van der Waals surface area (Å²) in [4.78, 5) is 8.93. The number of hydrogen-bond donors (Lipinski definition) is 2. The molecular weight excluding hydrogens is 381 g/mol. The quantitative estimate of drug-likeness (QED) is 0.491. The van der Waals surface area contributed by atoms with Crippen LogP contribution in [0.4, 0.5) is 4.39 Å². The Labute approximate surface area is 174 Å². The van der Waals surface area contributed by atoms with Crippen LogP contribution in [0.2, 0.25) is 0 Å². The summed E-state index contributed by atoms with van der Waals surface area (Å²) in [6, 6.07) is 17.6. The van der Waals surface area contributed by atoms with Gasteiger partial charge in [-0.3, -0.25) is 4.98 Å². The Morgan fingerprint density at radius 2 is 1.87 bits per heavy atom. The normalized spacial score (nSPS) is 13.5. The van der Waals surface area contributed by atoms with Crippen molar-refractivity contribution in [1.82, 2.24) is 14.5 Å². The number of pyridine rings is 1. The van der Waals surface area contributed by atoms with Gasteiger partial charge in [0.15, 0.2) is 11.4 Å². The molecule has 0 radical (unpaired) electrons. The van der Waals surface area contributed by atoms with Crippen LogP contribution < -0.4 is 0 Å². The second-order valence-corrected chi connectivity index (χ2v) is 7.24. The summed E-state index contributed by atoms with van der Waals surface area (Å²) in [5.41, 5.74) is 1.20. The molecule has 2 aromatic heterocycles. The number of fused-ring (bicyclic) bond motifs is 1. The van der Waals surface area contributed by atoms with Crippen molar-refractivity contribution in [1.29, 1.82) is 0 Å². The third kappa shape index (κ3) is 3.38. The van der Waals surface area contributed by atoms with Gasteiger partial charge >= 0.3 is 0 Å². The summed E-state index contributed by atoms with van der Waals surface area (Å²) in [5.74, 6) is -0.273. The number of aromatic nitrogens is 3. The minimum Gasteiger partial charge on any atom is -0.396 e. The molecular formula is C24H24FN3O2. The van der Waals surface area contributed by atoms with Gasteiger partial charge in [0.05, 0.1) is 11.0 Å². The number of halogens is 1. The molecule has 154 valence electrons. The SMILES string of the molecule is CCn1c(C(O)(c2ccccc2)c2ncccc2F)nc2ccc(CCCO)cc21. The highest BCUT2D eigenvalue weighted by Crippen LogP contribution is 2.38. The van der Waals surface area contributed by atoms with Crippen molar-refractivity contribution in [2.75, 3.05) is 6.61 Å². The number of aliphatic hydroxyl groups excluding tert-OH is 1. The van der Waals surface area contributed by atoms with Crippen molar-refractivity contribution in [2.45, 2.75) is 31.9 Å². The maximum absolute atomic E-state index is 14.9. The van der Waals surface area contributed by atoms with E-state index >= 15 is 0 Å². The summed E-state index contributed by atoms with van der Waals surface area (Å²) in [6.45, 7) is 2.63. The molecule has 0 amide bonds. The Hall–Kier alpha value is -3.09. The fraction of sp³-hybridized carbons (Fsp3) is 0.250.